The van der Waals surface area contributed by atoms with Crippen molar-refractivity contribution < 1.29 is 14.9 Å². The third kappa shape index (κ3) is 2.44. The van der Waals surface area contributed by atoms with Crippen LogP contribution in [-0.4, -0.2) is 38.6 Å². The molecule has 0 spiro atoms. The smallest absolute Gasteiger partial charge is 0.331 e. The van der Waals surface area contributed by atoms with E-state index in [9.17, 15) is 14.7 Å². The highest BCUT2D eigenvalue weighted by Crippen LogP contribution is 2.28. The van der Waals surface area contributed by atoms with Crippen molar-refractivity contribution in [2.45, 2.75) is 24.9 Å². The van der Waals surface area contributed by atoms with E-state index in [-0.39, 0.29) is 13.0 Å². The molecular formula is C9H11IN2O5. The van der Waals surface area contributed by atoms with Crippen molar-refractivity contribution in [2.24, 2.45) is 0 Å². The van der Waals surface area contributed by atoms with Crippen LogP contribution in [0.2, 0.25) is 0 Å². The zero-order valence-corrected chi connectivity index (χ0v) is 10.8. The van der Waals surface area contributed by atoms with Gasteiger partial charge in [0.15, 0.2) is 0 Å². The molecule has 0 unspecified atom stereocenters. The van der Waals surface area contributed by atoms with Crippen molar-refractivity contribution in [3.8, 4) is 0 Å². The van der Waals surface area contributed by atoms with Crippen LogP contribution in [0.5, 0.6) is 0 Å². The molecule has 2 heterocycles. The molecule has 1 aromatic heterocycles. The van der Waals surface area contributed by atoms with Gasteiger partial charge in [-0.3, -0.25) is 14.3 Å². The van der Waals surface area contributed by atoms with E-state index in [1.165, 1.54) is 10.6 Å². The minimum atomic E-state index is -0.820. The lowest BCUT2D eigenvalue weighted by Gasteiger charge is -2.15. The summed E-state index contributed by atoms with van der Waals surface area (Å²) in [5.74, 6) is 0. The Bertz CT molecular complexity index is 525. The van der Waals surface area contributed by atoms with Crippen molar-refractivity contribution in [1.82, 2.24) is 9.55 Å². The average Bonchev–Trinajstić information content (AvgIpc) is 2.57. The fraction of sp³-hybridized carbons (Fsp3) is 0.556. The Labute approximate surface area is 109 Å². The minimum Gasteiger partial charge on any atom is -0.394 e. The Hall–Kier alpha value is -0.710. The topological polar surface area (TPSA) is 105 Å². The predicted octanol–water partition coefficient (Wildman–Crippen LogP) is -1.22. The Morgan fingerprint density at radius 1 is 1.59 bits per heavy atom. The van der Waals surface area contributed by atoms with Crippen LogP contribution >= 0.6 is 22.6 Å². The lowest BCUT2D eigenvalue weighted by Crippen LogP contribution is -2.34. The van der Waals surface area contributed by atoms with E-state index in [2.05, 4.69) is 4.98 Å². The molecule has 0 radical (unpaired) electrons. The van der Waals surface area contributed by atoms with E-state index in [1.807, 2.05) is 22.6 Å². The van der Waals surface area contributed by atoms with Crippen LogP contribution in [0.25, 0.3) is 0 Å². The molecule has 8 heteroatoms. The van der Waals surface area contributed by atoms with Gasteiger partial charge < -0.3 is 14.9 Å². The highest BCUT2D eigenvalue weighted by molar-refractivity contribution is 14.1. The summed E-state index contributed by atoms with van der Waals surface area (Å²) < 4.78 is 7.02. The number of ether oxygens (including phenoxy) is 1. The molecule has 1 saturated heterocycles. The van der Waals surface area contributed by atoms with Crippen molar-refractivity contribution in [2.75, 3.05) is 6.61 Å². The van der Waals surface area contributed by atoms with Gasteiger partial charge in [-0.1, -0.05) is 0 Å². The van der Waals surface area contributed by atoms with Gasteiger partial charge in [-0.05, 0) is 22.6 Å². The van der Waals surface area contributed by atoms with Gasteiger partial charge in [-0.25, -0.2) is 4.79 Å². The first-order valence-corrected chi connectivity index (χ1v) is 6.06. The van der Waals surface area contributed by atoms with E-state index in [4.69, 9.17) is 9.84 Å². The predicted molar refractivity (Wildman–Crippen MR) is 65.7 cm³/mol. The number of rotatable bonds is 2. The van der Waals surface area contributed by atoms with Crippen molar-refractivity contribution in [1.29, 1.82) is 0 Å². The van der Waals surface area contributed by atoms with Gasteiger partial charge in [0.2, 0.25) is 0 Å². The molecule has 1 aliphatic rings. The second-order valence-electron chi connectivity index (χ2n) is 3.75. The maximum Gasteiger partial charge on any atom is 0.331 e. The summed E-state index contributed by atoms with van der Waals surface area (Å²) in [7, 11) is 0. The number of aromatic nitrogens is 2. The van der Waals surface area contributed by atoms with Crippen molar-refractivity contribution >= 4 is 22.6 Å². The first-order valence-electron chi connectivity index (χ1n) is 4.98. The summed E-state index contributed by atoms with van der Waals surface area (Å²) in [6, 6.07) is 1.27. The number of aliphatic hydroxyl groups is 2. The summed E-state index contributed by atoms with van der Waals surface area (Å²) in [5, 5.41) is 18.5. The summed E-state index contributed by atoms with van der Waals surface area (Å²) in [4.78, 5) is 24.8. The molecule has 0 bridgehead atoms. The molecule has 1 fully saturated rings. The van der Waals surface area contributed by atoms with E-state index >= 15 is 0 Å². The standard InChI is InChI=1S/C9H11IN2O5/c10-6-2-7(15)11-9(16)12(6)8-1-4(14)5(3-13)17-8/h2,4-5,8,13-14H,1,3H2,(H,11,15,16)/t4-,5+,8+/m0/s1/i10-4. The van der Waals surface area contributed by atoms with Crippen LogP contribution in [0.1, 0.15) is 12.6 Å². The zero-order valence-electron chi connectivity index (χ0n) is 8.67. The molecule has 3 atom stereocenters. The van der Waals surface area contributed by atoms with E-state index in [0.29, 0.717) is 3.70 Å². The summed E-state index contributed by atoms with van der Waals surface area (Å²) in [6.07, 6.45) is -1.99. The Balaban J connectivity index is 2.37. The van der Waals surface area contributed by atoms with Gasteiger partial charge in [0.25, 0.3) is 5.56 Å². The van der Waals surface area contributed by atoms with Crippen LogP contribution in [0.3, 0.4) is 0 Å². The number of hydrogen-bond acceptors (Lipinski definition) is 5. The minimum absolute atomic E-state index is 0.202. The molecule has 1 aliphatic heterocycles. The highest BCUT2D eigenvalue weighted by atomic mass is 123. The lowest BCUT2D eigenvalue weighted by molar-refractivity contribution is -0.0467. The number of aliphatic hydroxyl groups excluding tert-OH is 2. The number of aromatic amines is 1. The molecule has 0 aromatic carbocycles. The fourth-order valence-corrected chi connectivity index (χ4v) is 2.59. The van der Waals surface area contributed by atoms with Gasteiger partial charge in [-0.15, -0.1) is 0 Å². The molecule has 0 saturated carbocycles. The Morgan fingerprint density at radius 3 is 2.82 bits per heavy atom. The van der Waals surface area contributed by atoms with E-state index in [0.717, 1.165) is 0 Å². The third-order valence-corrected chi connectivity index (χ3v) is 3.43. The molecule has 94 valence electrons. The van der Waals surface area contributed by atoms with Gasteiger partial charge >= 0.3 is 5.69 Å². The molecule has 3 N–H and O–H groups in total. The maximum absolute atomic E-state index is 11.6. The number of nitrogens with zero attached hydrogens (tertiary/aromatic N) is 1. The SMILES string of the molecule is O=c1cc([123I])n([C@H]2C[C@H](O)[C@@H](CO)O2)c(=O)[nH]1. The van der Waals surface area contributed by atoms with Crippen LogP contribution in [0.15, 0.2) is 15.7 Å². The first-order chi connectivity index (χ1) is 8.02. The summed E-state index contributed by atoms with van der Waals surface area (Å²) >= 11 is 1.85. The quantitative estimate of drug-likeness (QED) is 0.458. The molecule has 17 heavy (non-hydrogen) atoms. The van der Waals surface area contributed by atoms with Crippen molar-refractivity contribution in [3.05, 3.63) is 30.6 Å². The lowest BCUT2D eigenvalue weighted by atomic mass is 10.2. The fourth-order valence-electron chi connectivity index (χ4n) is 1.78. The van der Waals surface area contributed by atoms with Crippen molar-refractivity contribution in [3.63, 3.8) is 0 Å². The van der Waals surface area contributed by atoms with Gasteiger partial charge in [0, 0.05) is 12.5 Å². The Kier molecular flexibility index (Phi) is 3.66. The van der Waals surface area contributed by atoms with Gasteiger partial charge in [0.1, 0.15) is 12.3 Å². The average molecular weight is 350 g/mol. The van der Waals surface area contributed by atoms with Crippen LogP contribution in [0, 0.1) is 3.70 Å². The normalized spacial score (nSPS) is 28.5. The molecular weight excluding hydrogens is 339 g/mol. The van der Waals surface area contributed by atoms with Crippen LogP contribution < -0.4 is 11.2 Å². The molecule has 1 aromatic rings. The number of nitrogens with one attached hydrogen (secondary N) is 1. The number of H-pyrrole nitrogens is 1. The molecule has 0 amide bonds. The summed E-state index contributed by atoms with van der Waals surface area (Å²) in [6.45, 7) is -0.313. The molecule has 7 nitrogen and oxygen atoms in total. The zero-order chi connectivity index (χ0) is 12.6. The second-order valence-corrected chi connectivity index (χ2v) is 4.85. The monoisotopic (exact) mass is 350 g/mol. The third-order valence-electron chi connectivity index (χ3n) is 2.60. The largest absolute Gasteiger partial charge is 0.394 e. The molecule has 0 aliphatic carbocycles. The van der Waals surface area contributed by atoms with Gasteiger partial charge in [0.05, 0.1) is 16.4 Å². The van der Waals surface area contributed by atoms with Gasteiger partial charge in [-0.2, -0.15) is 0 Å². The maximum atomic E-state index is 11.6. The number of halogens is 1. The summed E-state index contributed by atoms with van der Waals surface area (Å²) in [5.41, 5.74) is -1.06. The van der Waals surface area contributed by atoms with E-state index < -0.39 is 29.7 Å². The van der Waals surface area contributed by atoms with Crippen LogP contribution in [-0.2, 0) is 4.74 Å². The Morgan fingerprint density at radius 2 is 2.29 bits per heavy atom. The first kappa shape index (κ1) is 12.7. The second kappa shape index (κ2) is 4.88. The van der Waals surface area contributed by atoms with Crippen LogP contribution in [0.4, 0.5) is 0 Å². The molecule has 2 rings (SSSR count). The highest BCUT2D eigenvalue weighted by Gasteiger charge is 2.35. The number of hydrogen-bond donors (Lipinski definition) is 3. The van der Waals surface area contributed by atoms with E-state index in [1.54, 1.807) is 0 Å².